The van der Waals surface area contributed by atoms with Crippen molar-refractivity contribution in [1.82, 2.24) is 5.32 Å². The van der Waals surface area contributed by atoms with Crippen LogP contribution in [0.3, 0.4) is 0 Å². The Labute approximate surface area is 82.9 Å². The van der Waals surface area contributed by atoms with E-state index < -0.39 is 0 Å². The molecule has 0 rings (SSSR count). The highest BCUT2D eigenvalue weighted by molar-refractivity contribution is 4.83. The standard InChI is InChI=1S/C12H23N/c1-3-5-6-7-8-9-10-12-13-11-4-2/h3,8-9,13H,1,4-7,10-12H2,2H3/b9-8-. The zero-order valence-corrected chi connectivity index (χ0v) is 8.89. The molecule has 1 nitrogen and oxygen atoms in total. The van der Waals surface area contributed by atoms with Crippen LogP contribution < -0.4 is 5.32 Å². The first-order chi connectivity index (χ1) is 6.41. The van der Waals surface area contributed by atoms with Crippen LogP contribution in [0.4, 0.5) is 0 Å². The summed E-state index contributed by atoms with van der Waals surface area (Å²) >= 11 is 0. The van der Waals surface area contributed by atoms with Crippen molar-refractivity contribution in [3.05, 3.63) is 24.8 Å². The second kappa shape index (κ2) is 11.4. The van der Waals surface area contributed by atoms with Crippen molar-refractivity contribution in [2.75, 3.05) is 13.1 Å². The zero-order valence-electron chi connectivity index (χ0n) is 8.89. The molecule has 0 saturated heterocycles. The highest BCUT2D eigenvalue weighted by Gasteiger charge is 1.82. The first-order valence-electron chi connectivity index (χ1n) is 5.38. The van der Waals surface area contributed by atoms with Crippen LogP contribution in [-0.4, -0.2) is 13.1 Å². The van der Waals surface area contributed by atoms with Gasteiger partial charge in [-0.15, -0.1) is 6.58 Å². The molecule has 0 radical (unpaired) electrons. The topological polar surface area (TPSA) is 12.0 Å². The lowest BCUT2D eigenvalue weighted by Gasteiger charge is -1.97. The number of hydrogen-bond acceptors (Lipinski definition) is 1. The molecule has 0 aromatic rings. The van der Waals surface area contributed by atoms with Crippen molar-refractivity contribution < 1.29 is 0 Å². The number of rotatable bonds is 9. The van der Waals surface area contributed by atoms with Crippen molar-refractivity contribution in [1.29, 1.82) is 0 Å². The highest BCUT2D eigenvalue weighted by Crippen LogP contribution is 1.97. The molecule has 13 heavy (non-hydrogen) atoms. The maximum Gasteiger partial charge on any atom is -0.00143 e. The molecule has 0 fully saturated rings. The molecule has 0 bridgehead atoms. The lowest BCUT2D eigenvalue weighted by atomic mass is 10.2. The van der Waals surface area contributed by atoms with Gasteiger partial charge in [0.15, 0.2) is 0 Å². The molecule has 0 unspecified atom stereocenters. The Morgan fingerprint density at radius 3 is 2.54 bits per heavy atom. The molecule has 0 aromatic heterocycles. The Morgan fingerprint density at radius 2 is 1.85 bits per heavy atom. The Balaban J connectivity index is 2.98. The second-order valence-corrected chi connectivity index (χ2v) is 3.23. The fourth-order valence-electron chi connectivity index (χ4n) is 1.10. The minimum Gasteiger partial charge on any atom is -0.316 e. The summed E-state index contributed by atoms with van der Waals surface area (Å²) in [5.74, 6) is 0. The number of nitrogens with one attached hydrogen (secondary N) is 1. The van der Waals surface area contributed by atoms with Gasteiger partial charge >= 0.3 is 0 Å². The predicted molar refractivity (Wildman–Crippen MR) is 61.0 cm³/mol. The van der Waals surface area contributed by atoms with E-state index >= 15 is 0 Å². The summed E-state index contributed by atoms with van der Waals surface area (Å²) in [7, 11) is 0. The molecule has 0 aliphatic heterocycles. The van der Waals surface area contributed by atoms with Gasteiger partial charge in [0.1, 0.15) is 0 Å². The van der Waals surface area contributed by atoms with E-state index in [-0.39, 0.29) is 0 Å². The third-order valence-electron chi connectivity index (χ3n) is 1.86. The molecule has 0 aromatic carbocycles. The van der Waals surface area contributed by atoms with Crippen molar-refractivity contribution >= 4 is 0 Å². The maximum absolute atomic E-state index is 3.69. The molecule has 76 valence electrons. The fourth-order valence-corrected chi connectivity index (χ4v) is 1.10. The van der Waals surface area contributed by atoms with Gasteiger partial charge in [0, 0.05) is 0 Å². The number of hydrogen-bond donors (Lipinski definition) is 1. The summed E-state index contributed by atoms with van der Waals surface area (Å²) in [4.78, 5) is 0. The van der Waals surface area contributed by atoms with Gasteiger partial charge in [-0.25, -0.2) is 0 Å². The Bertz CT molecular complexity index is 127. The van der Waals surface area contributed by atoms with Crippen molar-refractivity contribution in [3.63, 3.8) is 0 Å². The third-order valence-corrected chi connectivity index (χ3v) is 1.86. The van der Waals surface area contributed by atoms with Crippen molar-refractivity contribution in [3.8, 4) is 0 Å². The molecule has 0 saturated carbocycles. The van der Waals surface area contributed by atoms with Gasteiger partial charge in [0.25, 0.3) is 0 Å². The van der Waals surface area contributed by atoms with E-state index in [1.807, 2.05) is 6.08 Å². The minimum absolute atomic E-state index is 1.12. The van der Waals surface area contributed by atoms with Gasteiger partial charge in [-0.2, -0.15) is 0 Å². The smallest absolute Gasteiger partial charge is 0.00143 e. The predicted octanol–water partition coefficient (Wildman–Crippen LogP) is 3.29. The van der Waals surface area contributed by atoms with E-state index in [2.05, 4.69) is 31.0 Å². The monoisotopic (exact) mass is 181 g/mol. The van der Waals surface area contributed by atoms with E-state index in [0.29, 0.717) is 0 Å². The summed E-state index contributed by atoms with van der Waals surface area (Å²) in [6.07, 6.45) is 12.5. The first kappa shape index (κ1) is 12.4. The largest absolute Gasteiger partial charge is 0.316 e. The van der Waals surface area contributed by atoms with E-state index in [9.17, 15) is 0 Å². The molecule has 1 N–H and O–H groups in total. The molecule has 0 aliphatic rings. The third kappa shape index (κ3) is 11.4. The summed E-state index contributed by atoms with van der Waals surface area (Å²) in [5.41, 5.74) is 0. The lowest BCUT2D eigenvalue weighted by molar-refractivity contribution is 0.677. The maximum atomic E-state index is 3.69. The molecule has 0 aliphatic carbocycles. The van der Waals surface area contributed by atoms with Gasteiger partial charge in [-0.05, 0) is 45.2 Å². The van der Waals surface area contributed by atoms with Crippen LogP contribution in [0.15, 0.2) is 24.8 Å². The highest BCUT2D eigenvalue weighted by atomic mass is 14.8. The Morgan fingerprint density at radius 1 is 1.08 bits per heavy atom. The second-order valence-electron chi connectivity index (χ2n) is 3.23. The van der Waals surface area contributed by atoms with E-state index in [1.165, 1.54) is 19.3 Å². The summed E-state index contributed by atoms with van der Waals surface area (Å²) in [5, 5.41) is 3.37. The summed E-state index contributed by atoms with van der Waals surface area (Å²) in [6, 6.07) is 0. The average Bonchev–Trinajstić information content (AvgIpc) is 2.16. The quantitative estimate of drug-likeness (QED) is 0.425. The minimum atomic E-state index is 1.12. The van der Waals surface area contributed by atoms with Gasteiger partial charge in [-0.3, -0.25) is 0 Å². The summed E-state index contributed by atoms with van der Waals surface area (Å²) in [6.45, 7) is 8.15. The van der Waals surface area contributed by atoms with Crippen LogP contribution in [0, 0.1) is 0 Å². The van der Waals surface area contributed by atoms with Crippen LogP contribution in [0.1, 0.15) is 39.0 Å². The molecule has 0 heterocycles. The van der Waals surface area contributed by atoms with Crippen LogP contribution in [0.5, 0.6) is 0 Å². The van der Waals surface area contributed by atoms with Gasteiger partial charge in [-0.1, -0.05) is 25.2 Å². The number of unbranched alkanes of at least 4 members (excludes halogenated alkanes) is 2. The average molecular weight is 181 g/mol. The fraction of sp³-hybridized carbons (Fsp3) is 0.667. The Hall–Kier alpha value is -0.560. The van der Waals surface area contributed by atoms with Gasteiger partial charge in [0.2, 0.25) is 0 Å². The molecule has 1 heteroatoms. The molecule has 0 atom stereocenters. The number of allylic oxidation sites excluding steroid dienone is 2. The normalized spacial score (nSPS) is 10.8. The van der Waals surface area contributed by atoms with Gasteiger partial charge < -0.3 is 5.32 Å². The lowest BCUT2D eigenvalue weighted by Crippen LogP contribution is -2.14. The molecule has 0 spiro atoms. The van der Waals surface area contributed by atoms with E-state index in [4.69, 9.17) is 0 Å². The van der Waals surface area contributed by atoms with Crippen molar-refractivity contribution in [2.24, 2.45) is 0 Å². The van der Waals surface area contributed by atoms with E-state index in [1.54, 1.807) is 0 Å². The molecular formula is C12H23N. The van der Waals surface area contributed by atoms with Crippen LogP contribution in [0.2, 0.25) is 0 Å². The van der Waals surface area contributed by atoms with Crippen molar-refractivity contribution in [2.45, 2.75) is 39.0 Å². The first-order valence-corrected chi connectivity index (χ1v) is 5.38. The van der Waals surface area contributed by atoms with Crippen LogP contribution in [0.25, 0.3) is 0 Å². The summed E-state index contributed by atoms with van der Waals surface area (Å²) < 4.78 is 0. The molecule has 0 amide bonds. The van der Waals surface area contributed by atoms with Gasteiger partial charge in [0.05, 0.1) is 0 Å². The van der Waals surface area contributed by atoms with E-state index in [0.717, 1.165) is 25.9 Å². The zero-order chi connectivity index (χ0) is 9.78. The SMILES string of the molecule is C=CCCC/C=C\CCNCCC. The van der Waals surface area contributed by atoms with Crippen LogP contribution in [-0.2, 0) is 0 Å². The molecular weight excluding hydrogens is 158 g/mol. The van der Waals surface area contributed by atoms with Crippen LogP contribution >= 0.6 is 0 Å². The Kier molecular flexibility index (Phi) is 10.9.